The summed E-state index contributed by atoms with van der Waals surface area (Å²) in [6.07, 6.45) is 6.29. The molecule has 2 aliphatic heterocycles. The summed E-state index contributed by atoms with van der Waals surface area (Å²) in [5.41, 5.74) is 1.74. The summed E-state index contributed by atoms with van der Waals surface area (Å²) < 4.78 is 50.0. The molecule has 1 atom stereocenters. The number of halogens is 2. The highest BCUT2D eigenvalue weighted by atomic mass is 19.3. The van der Waals surface area contributed by atoms with Gasteiger partial charge in [0.15, 0.2) is 0 Å². The number of pyridine rings is 1. The van der Waals surface area contributed by atoms with Crippen LogP contribution >= 0.6 is 0 Å². The fourth-order valence-corrected chi connectivity index (χ4v) is 5.04. The van der Waals surface area contributed by atoms with E-state index in [1.54, 1.807) is 12.3 Å². The van der Waals surface area contributed by atoms with Gasteiger partial charge in [-0.05, 0) is 44.0 Å². The fraction of sp³-hybridized carbons (Fsp3) is 0.481. The molecule has 2 saturated heterocycles. The molecule has 4 heterocycles. The maximum Gasteiger partial charge on any atom is 0.387 e. The molecule has 1 aliphatic carbocycles. The van der Waals surface area contributed by atoms with Crippen LogP contribution in [0, 0.1) is 5.92 Å². The van der Waals surface area contributed by atoms with Crippen LogP contribution in [0.1, 0.15) is 29.6 Å². The summed E-state index contributed by atoms with van der Waals surface area (Å²) in [5, 5.41) is 2.81. The number of imidazole rings is 1. The Kier molecular flexibility index (Phi) is 6.79. The normalized spacial score (nSPS) is 20.1. The number of benzene rings is 1. The van der Waals surface area contributed by atoms with Gasteiger partial charge in [-0.15, -0.1) is 0 Å². The second-order valence-electron chi connectivity index (χ2n) is 10.1. The number of carbonyl (C=O) groups is 1. The Hall–Kier alpha value is -3.44. The van der Waals surface area contributed by atoms with Crippen molar-refractivity contribution in [2.24, 2.45) is 5.92 Å². The maximum atomic E-state index is 13.3. The van der Waals surface area contributed by atoms with Crippen molar-refractivity contribution in [3.8, 4) is 28.5 Å². The molecule has 6 rings (SSSR count). The number of nitrogens with zero attached hydrogens (tertiary/aromatic N) is 3. The number of alkyl halides is 2. The zero-order valence-corrected chi connectivity index (χ0v) is 21.1. The third-order valence-corrected chi connectivity index (χ3v) is 7.36. The van der Waals surface area contributed by atoms with Crippen LogP contribution in [-0.4, -0.2) is 78.9 Å². The van der Waals surface area contributed by atoms with E-state index in [0.29, 0.717) is 41.2 Å². The first-order valence-corrected chi connectivity index (χ1v) is 12.9. The van der Waals surface area contributed by atoms with E-state index in [1.165, 1.54) is 13.2 Å². The standard InChI is InChI=1S/C27H30F2N4O5/c1-35-22-8-17(9-23(38-27(28)29)25(22)26(34)31-18-2-3-18)21-11-30-24-10-20(5-7-33(21)24)37-13-16-4-6-32(12-16)19-14-36-15-19/h5,7-11,16,18-19,27H,2-4,6,12-15H2,1H3,(H,31,34)/t16-/m0/s1. The van der Waals surface area contributed by atoms with Gasteiger partial charge in [0.25, 0.3) is 5.91 Å². The fourth-order valence-electron chi connectivity index (χ4n) is 5.04. The summed E-state index contributed by atoms with van der Waals surface area (Å²) in [6.45, 7) is 1.27. The number of carbonyl (C=O) groups excluding carboxylic acids is 1. The second-order valence-corrected chi connectivity index (χ2v) is 10.1. The molecule has 9 nitrogen and oxygen atoms in total. The van der Waals surface area contributed by atoms with Crippen molar-refractivity contribution in [1.29, 1.82) is 0 Å². The van der Waals surface area contributed by atoms with Crippen LogP contribution in [0.15, 0.2) is 36.7 Å². The van der Waals surface area contributed by atoms with E-state index in [0.717, 1.165) is 45.6 Å². The number of aromatic nitrogens is 2. The van der Waals surface area contributed by atoms with E-state index in [2.05, 4.69) is 15.2 Å². The zero-order chi connectivity index (χ0) is 26.2. The van der Waals surface area contributed by atoms with E-state index < -0.39 is 12.5 Å². The molecule has 0 unspecified atom stereocenters. The summed E-state index contributed by atoms with van der Waals surface area (Å²) in [4.78, 5) is 19.8. The second kappa shape index (κ2) is 10.4. The number of fused-ring (bicyclic) bond motifs is 1. The van der Waals surface area contributed by atoms with E-state index in [-0.39, 0.29) is 23.1 Å². The number of hydrogen-bond donors (Lipinski definition) is 1. The molecule has 0 spiro atoms. The maximum absolute atomic E-state index is 13.3. The average molecular weight is 529 g/mol. The van der Waals surface area contributed by atoms with Crippen LogP contribution in [0.25, 0.3) is 16.9 Å². The predicted octanol–water partition coefficient (Wildman–Crippen LogP) is 3.60. The van der Waals surface area contributed by atoms with Crippen LogP contribution in [-0.2, 0) is 4.74 Å². The Balaban J connectivity index is 1.22. The van der Waals surface area contributed by atoms with Crippen molar-refractivity contribution in [1.82, 2.24) is 19.6 Å². The van der Waals surface area contributed by atoms with Crippen molar-refractivity contribution < 1.29 is 32.5 Å². The van der Waals surface area contributed by atoms with Crippen LogP contribution in [0.2, 0.25) is 0 Å². The zero-order valence-electron chi connectivity index (χ0n) is 21.1. The molecule has 1 amide bonds. The molecular formula is C27H30F2N4O5. The minimum Gasteiger partial charge on any atom is -0.496 e. The highest BCUT2D eigenvalue weighted by Crippen LogP contribution is 2.37. The molecule has 2 aromatic heterocycles. The Bertz CT molecular complexity index is 1320. The number of amides is 1. The predicted molar refractivity (Wildman–Crippen MR) is 134 cm³/mol. The van der Waals surface area contributed by atoms with Crippen molar-refractivity contribution in [2.75, 3.05) is 40.0 Å². The van der Waals surface area contributed by atoms with E-state index in [9.17, 15) is 13.6 Å². The average Bonchev–Trinajstić information content (AvgIpc) is 3.39. The lowest BCUT2D eigenvalue weighted by Gasteiger charge is -2.34. The van der Waals surface area contributed by atoms with Gasteiger partial charge in [-0.25, -0.2) is 4.98 Å². The Labute approximate surface area is 218 Å². The van der Waals surface area contributed by atoms with Gasteiger partial charge in [-0.3, -0.25) is 14.1 Å². The lowest BCUT2D eigenvalue weighted by molar-refractivity contribution is -0.0584. The van der Waals surface area contributed by atoms with Gasteiger partial charge in [0.05, 0.1) is 44.9 Å². The number of likely N-dealkylation sites (tertiary alicyclic amines) is 1. The molecule has 1 N–H and O–H groups in total. The minimum absolute atomic E-state index is 0.0476. The number of hydrogen-bond acceptors (Lipinski definition) is 7. The lowest BCUT2D eigenvalue weighted by Crippen LogP contribution is -2.48. The van der Waals surface area contributed by atoms with Gasteiger partial charge in [0.2, 0.25) is 0 Å². The molecule has 0 radical (unpaired) electrons. The monoisotopic (exact) mass is 528 g/mol. The topological polar surface area (TPSA) is 86.6 Å². The molecule has 1 saturated carbocycles. The molecule has 1 aromatic carbocycles. The summed E-state index contributed by atoms with van der Waals surface area (Å²) in [5.74, 6) is 0.578. The van der Waals surface area contributed by atoms with Crippen molar-refractivity contribution in [3.05, 3.63) is 42.2 Å². The summed E-state index contributed by atoms with van der Waals surface area (Å²) in [6, 6.07) is 7.35. The highest BCUT2D eigenvalue weighted by Gasteiger charge is 2.33. The first kappa shape index (κ1) is 24.9. The lowest BCUT2D eigenvalue weighted by atomic mass is 10.1. The molecule has 3 aliphatic rings. The highest BCUT2D eigenvalue weighted by molar-refractivity contribution is 6.01. The number of ether oxygens (including phenoxy) is 4. The van der Waals surface area contributed by atoms with Crippen molar-refractivity contribution in [2.45, 2.75) is 38.0 Å². The molecule has 3 fully saturated rings. The minimum atomic E-state index is -3.10. The third-order valence-electron chi connectivity index (χ3n) is 7.36. The van der Waals surface area contributed by atoms with Crippen LogP contribution in [0.4, 0.5) is 8.78 Å². The van der Waals surface area contributed by atoms with Crippen molar-refractivity contribution >= 4 is 11.6 Å². The Morgan fingerprint density at radius 3 is 2.74 bits per heavy atom. The van der Waals surface area contributed by atoms with Gasteiger partial charge >= 0.3 is 6.61 Å². The van der Waals surface area contributed by atoms with Gasteiger partial charge in [0, 0.05) is 36.3 Å². The van der Waals surface area contributed by atoms with Gasteiger partial charge in [-0.2, -0.15) is 8.78 Å². The smallest absolute Gasteiger partial charge is 0.387 e. The van der Waals surface area contributed by atoms with Crippen LogP contribution in [0.5, 0.6) is 17.2 Å². The Morgan fingerprint density at radius 1 is 1.21 bits per heavy atom. The SMILES string of the molecule is COc1cc(-c2cnc3cc(OC[C@H]4CCN(C5COC5)C4)ccn23)cc(OC(F)F)c1C(=O)NC1CC1. The van der Waals surface area contributed by atoms with E-state index in [4.69, 9.17) is 18.9 Å². The largest absolute Gasteiger partial charge is 0.496 e. The number of nitrogens with one attached hydrogen (secondary N) is 1. The van der Waals surface area contributed by atoms with Gasteiger partial charge in [-0.1, -0.05) is 0 Å². The summed E-state index contributed by atoms with van der Waals surface area (Å²) >= 11 is 0. The molecule has 202 valence electrons. The van der Waals surface area contributed by atoms with Crippen LogP contribution < -0.4 is 19.5 Å². The molecular weight excluding hydrogens is 498 g/mol. The molecule has 11 heteroatoms. The Morgan fingerprint density at radius 2 is 2.03 bits per heavy atom. The van der Waals surface area contributed by atoms with Gasteiger partial charge in [0.1, 0.15) is 28.5 Å². The van der Waals surface area contributed by atoms with E-state index in [1.807, 2.05) is 22.7 Å². The summed E-state index contributed by atoms with van der Waals surface area (Å²) in [7, 11) is 1.39. The number of rotatable bonds is 10. The molecule has 38 heavy (non-hydrogen) atoms. The first-order valence-electron chi connectivity index (χ1n) is 12.9. The van der Waals surface area contributed by atoms with Crippen molar-refractivity contribution in [3.63, 3.8) is 0 Å². The molecule has 0 bridgehead atoms. The molecule has 3 aromatic rings. The number of methoxy groups -OCH3 is 1. The quantitative estimate of drug-likeness (QED) is 0.430. The van der Waals surface area contributed by atoms with Gasteiger partial charge < -0.3 is 24.3 Å². The first-order chi connectivity index (χ1) is 18.5. The van der Waals surface area contributed by atoms with Crippen LogP contribution in [0.3, 0.4) is 0 Å². The third kappa shape index (κ3) is 5.12. The van der Waals surface area contributed by atoms with E-state index >= 15 is 0 Å².